The number of rotatable bonds is 5. The van der Waals surface area contributed by atoms with Crippen molar-refractivity contribution in [2.45, 2.75) is 39.7 Å². The maximum Gasteiger partial charge on any atom is 0.216 e. The molecule has 0 aliphatic carbocycles. The molecule has 136 valence electrons. The molecule has 0 atom stereocenters. The minimum atomic E-state index is 0.111. The van der Waals surface area contributed by atoms with Crippen LogP contribution in [0.5, 0.6) is 5.75 Å². The van der Waals surface area contributed by atoms with E-state index in [2.05, 4.69) is 48.2 Å². The van der Waals surface area contributed by atoms with Crippen molar-refractivity contribution in [2.24, 2.45) is 5.10 Å². The van der Waals surface area contributed by atoms with Gasteiger partial charge < -0.3 is 9.15 Å². The number of hydrogen-bond acceptors (Lipinski definition) is 5. The lowest BCUT2D eigenvalue weighted by atomic mass is 9.87. The molecule has 0 radical (unpaired) electrons. The summed E-state index contributed by atoms with van der Waals surface area (Å²) in [5.41, 5.74) is 1.37. The zero-order valence-electron chi connectivity index (χ0n) is 15.3. The van der Waals surface area contributed by atoms with Gasteiger partial charge in [0.15, 0.2) is 5.82 Å². The van der Waals surface area contributed by atoms with E-state index in [4.69, 9.17) is 21.4 Å². The Morgan fingerprint density at radius 3 is 2.58 bits per heavy atom. The SMILES string of the molecule is Cc1ccc(/C=N\n2c(COc3ccc(C(C)(C)C)cc3)n[nH]c2=S)o1. The van der Waals surface area contributed by atoms with E-state index in [0.717, 1.165) is 11.5 Å². The second-order valence-corrected chi connectivity index (χ2v) is 7.40. The number of ether oxygens (including phenoxy) is 1. The van der Waals surface area contributed by atoms with Crippen LogP contribution in [-0.2, 0) is 12.0 Å². The number of nitrogens with one attached hydrogen (secondary N) is 1. The van der Waals surface area contributed by atoms with Gasteiger partial charge in [0.05, 0.1) is 6.21 Å². The first kappa shape index (κ1) is 18.1. The Balaban J connectivity index is 1.71. The molecule has 6 nitrogen and oxygen atoms in total. The number of aromatic amines is 1. The fourth-order valence-corrected chi connectivity index (χ4v) is 2.57. The summed E-state index contributed by atoms with van der Waals surface area (Å²) >= 11 is 5.23. The first-order valence-corrected chi connectivity index (χ1v) is 8.74. The second-order valence-electron chi connectivity index (χ2n) is 7.01. The van der Waals surface area contributed by atoms with Crippen LogP contribution in [0.2, 0.25) is 0 Å². The van der Waals surface area contributed by atoms with Crippen molar-refractivity contribution in [3.8, 4) is 5.75 Å². The van der Waals surface area contributed by atoms with E-state index in [1.807, 2.05) is 31.2 Å². The van der Waals surface area contributed by atoms with Crippen molar-refractivity contribution in [3.63, 3.8) is 0 Å². The van der Waals surface area contributed by atoms with Crippen molar-refractivity contribution in [1.82, 2.24) is 14.9 Å². The Hall–Kier alpha value is -2.67. The summed E-state index contributed by atoms with van der Waals surface area (Å²) in [4.78, 5) is 0. The van der Waals surface area contributed by atoms with Crippen LogP contribution in [0.15, 0.2) is 45.9 Å². The van der Waals surface area contributed by atoms with E-state index in [9.17, 15) is 0 Å². The molecule has 0 saturated carbocycles. The minimum Gasteiger partial charge on any atom is -0.486 e. The number of aryl methyl sites for hydroxylation is 1. The molecule has 0 aliphatic heterocycles. The van der Waals surface area contributed by atoms with Crippen molar-refractivity contribution >= 4 is 18.4 Å². The number of H-pyrrole nitrogens is 1. The van der Waals surface area contributed by atoms with Crippen LogP contribution in [-0.4, -0.2) is 21.1 Å². The summed E-state index contributed by atoms with van der Waals surface area (Å²) in [5.74, 6) is 2.82. The Bertz CT molecular complexity index is 959. The number of benzene rings is 1. The first-order chi connectivity index (χ1) is 12.3. The van der Waals surface area contributed by atoms with Gasteiger partial charge in [0.25, 0.3) is 0 Å². The number of hydrogen-bond donors (Lipinski definition) is 1. The molecule has 1 aromatic carbocycles. The maximum absolute atomic E-state index is 5.82. The number of aromatic nitrogens is 3. The van der Waals surface area contributed by atoms with Gasteiger partial charge in [-0.2, -0.15) is 14.9 Å². The molecule has 0 bridgehead atoms. The molecule has 0 aliphatic rings. The fraction of sp³-hybridized carbons (Fsp3) is 0.316. The molecule has 0 spiro atoms. The lowest BCUT2D eigenvalue weighted by molar-refractivity contribution is 0.290. The molecule has 0 fully saturated rings. The predicted molar refractivity (Wildman–Crippen MR) is 103 cm³/mol. The van der Waals surface area contributed by atoms with E-state index in [1.165, 1.54) is 10.2 Å². The van der Waals surface area contributed by atoms with Gasteiger partial charge in [-0.1, -0.05) is 32.9 Å². The largest absolute Gasteiger partial charge is 0.486 e. The van der Waals surface area contributed by atoms with Gasteiger partial charge in [0.2, 0.25) is 4.77 Å². The Morgan fingerprint density at radius 1 is 1.23 bits per heavy atom. The number of nitrogens with zero attached hydrogens (tertiary/aromatic N) is 3. The highest BCUT2D eigenvalue weighted by molar-refractivity contribution is 7.71. The maximum atomic E-state index is 5.82. The molecule has 3 rings (SSSR count). The normalized spacial score (nSPS) is 12.0. The summed E-state index contributed by atoms with van der Waals surface area (Å²) in [5, 5.41) is 11.2. The molecule has 3 aromatic rings. The van der Waals surface area contributed by atoms with Crippen LogP contribution in [0, 0.1) is 11.7 Å². The number of furan rings is 1. The molecule has 0 unspecified atom stereocenters. The highest BCUT2D eigenvalue weighted by atomic mass is 32.1. The van der Waals surface area contributed by atoms with Gasteiger partial charge in [-0.25, -0.2) is 5.10 Å². The van der Waals surface area contributed by atoms with E-state index < -0.39 is 0 Å². The highest BCUT2D eigenvalue weighted by Gasteiger charge is 2.13. The average Bonchev–Trinajstić information content (AvgIpc) is 3.16. The predicted octanol–water partition coefficient (Wildman–Crippen LogP) is 4.60. The van der Waals surface area contributed by atoms with Gasteiger partial charge in [-0.15, -0.1) is 0 Å². The molecule has 0 amide bonds. The van der Waals surface area contributed by atoms with Crippen LogP contribution >= 0.6 is 12.2 Å². The smallest absolute Gasteiger partial charge is 0.216 e. The molecule has 2 heterocycles. The van der Waals surface area contributed by atoms with Gasteiger partial charge in [-0.3, -0.25) is 0 Å². The lowest BCUT2D eigenvalue weighted by Crippen LogP contribution is -2.10. The van der Waals surface area contributed by atoms with Crippen molar-refractivity contribution < 1.29 is 9.15 Å². The second kappa shape index (κ2) is 7.29. The molecule has 2 aromatic heterocycles. The monoisotopic (exact) mass is 370 g/mol. The molecule has 26 heavy (non-hydrogen) atoms. The van der Waals surface area contributed by atoms with Crippen LogP contribution < -0.4 is 4.74 Å². The lowest BCUT2D eigenvalue weighted by Gasteiger charge is -2.19. The zero-order valence-corrected chi connectivity index (χ0v) is 16.1. The summed E-state index contributed by atoms with van der Waals surface area (Å²) < 4.78 is 13.2. The van der Waals surface area contributed by atoms with Gasteiger partial charge >= 0.3 is 0 Å². The zero-order chi connectivity index (χ0) is 18.7. The minimum absolute atomic E-state index is 0.111. The Labute approximate surface area is 157 Å². The topological polar surface area (TPSA) is 68.3 Å². The third-order valence-electron chi connectivity index (χ3n) is 3.87. The van der Waals surface area contributed by atoms with Crippen LogP contribution in [0.1, 0.15) is 43.7 Å². The van der Waals surface area contributed by atoms with Crippen molar-refractivity contribution in [3.05, 3.63) is 64.1 Å². The average molecular weight is 370 g/mol. The van der Waals surface area contributed by atoms with Gasteiger partial charge in [0.1, 0.15) is 23.9 Å². The fourth-order valence-electron chi connectivity index (χ4n) is 2.37. The quantitative estimate of drug-likeness (QED) is 0.526. The van der Waals surface area contributed by atoms with Crippen molar-refractivity contribution in [1.29, 1.82) is 0 Å². The summed E-state index contributed by atoms with van der Waals surface area (Å²) in [6.07, 6.45) is 1.60. The van der Waals surface area contributed by atoms with Crippen LogP contribution in [0.25, 0.3) is 0 Å². The van der Waals surface area contributed by atoms with Gasteiger partial charge in [0, 0.05) is 0 Å². The summed E-state index contributed by atoms with van der Waals surface area (Å²) in [6.45, 7) is 8.67. The Kier molecular flexibility index (Phi) is 5.08. The van der Waals surface area contributed by atoms with E-state index >= 15 is 0 Å². The third kappa shape index (κ3) is 4.29. The summed E-state index contributed by atoms with van der Waals surface area (Å²) in [7, 11) is 0. The standard InChI is InChI=1S/C19H22N4O2S/c1-13-5-8-16(25-13)11-20-23-17(21-22-18(23)26)12-24-15-9-6-14(7-10-15)19(2,3)4/h5-11H,12H2,1-4H3,(H,22,26)/b20-11-. The summed E-state index contributed by atoms with van der Waals surface area (Å²) in [6, 6.07) is 11.8. The van der Waals surface area contributed by atoms with Crippen LogP contribution in [0.3, 0.4) is 0 Å². The molecule has 7 heteroatoms. The van der Waals surface area contributed by atoms with E-state index in [0.29, 0.717) is 16.4 Å². The molecular weight excluding hydrogens is 348 g/mol. The molecule has 1 N–H and O–H groups in total. The Morgan fingerprint density at radius 2 is 1.96 bits per heavy atom. The molecular formula is C19H22N4O2S. The first-order valence-electron chi connectivity index (χ1n) is 8.33. The molecule has 0 saturated heterocycles. The van der Waals surface area contributed by atoms with E-state index in [-0.39, 0.29) is 12.0 Å². The van der Waals surface area contributed by atoms with Gasteiger partial charge in [-0.05, 0) is 54.4 Å². The highest BCUT2D eigenvalue weighted by Crippen LogP contribution is 2.24. The van der Waals surface area contributed by atoms with Crippen molar-refractivity contribution in [2.75, 3.05) is 0 Å². The van der Waals surface area contributed by atoms with Crippen LogP contribution in [0.4, 0.5) is 0 Å². The third-order valence-corrected chi connectivity index (χ3v) is 4.13. The van der Waals surface area contributed by atoms with E-state index in [1.54, 1.807) is 6.21 Å².